The molecule has 0 unspecified atom stereocenters. The molecule has 0 aromatic heterocycles. The van der Waals surface area contributed by atoms with E-state index in [-0.39, 0.29) is 17.7 Å². The van der Waals surface area contributed by atoms with Gasteiger partial charge in [0, 0.05) is 35.5 Å². The van der Waals surface area contributed by atoms with Gasteiger partial charge in [-0.15, -0.1) is 0 Å². The third kappa shape index (κ3) is 3.89. The Balaban J connectivity index is 1.83. The number of nitrogens with two attached hydrogens (primary N) is 1. The number of hydrogen-bond acceptors (Lipinski definition) is 10. The minimum absolute atomic E-state index is 0.122. The summed E-state index contributed by atoms with van der Waals surface area (Å²) in [5.74, 6) is -9.95. The molecular formula is C27H29NO10. The van der Waals surface area contributed by atoms with E-state index in [2.05, 4.69) is 0 Å². The van der Waals surface area contributed by atoms with Crippen LogP contribution in [0.5, 0.6) is 5.75 Å². The minimum atomic E-state index is -2.90. The maximum Gasteiger partial charge on any atom is 0.330 e. The number of primary amides is 1. The van der Waals surface area contributed by atoms with Crippen LogP contribution in [0.25, 0.3) is 11.8 Å². The Kier molecular flexibility index (Phi) is 6.94. The van der Waals surface area contributed by atoms with Crippen molar-refractivity contribution < 1.29 is 49.4 Å². The van der Waals surface area contributed by atoms with E-state index in [1.807, 2.05) is 6.92 Å². The normalized spacial score (nSPS) is 28.7. The molecule has 0 bridgehead atoms. The summed E-state index contributed by atoms with van der Waals surface area (Å²) in [4.78, 5) is 49.8. The fourth-order valence-electron chi connectivity index (χ4n) is 5.67. The zero-order chi connectivity index (χ0) is 28.1. The number of amides is 1. The smallest absolute Gasteiger partial charge is 0.330 e. The highest BCUT2D eigenvalue weighted by molar-refractivity contribution is 6.23. The van der Waals surface area contributed by atoms with E-state index >= 15 is 0 Å². The van der Waals surface area contributed by atoms with Gasteiger partial charge in [0.25, 0.3) is 5.91 Å². The van der Waals surface area contributed by atoms with Crippen molar-refractivity contribution in [1.82, 2.24) is 0 Å². The lowest BCUT2D eigenvalue weighted by atomic mass is 9.55. The molecule has 0 heterocycles. The third-order valence-corrected chi connectivity index (χ3v) is 7.67. The number of aliphatic hydroxyl groups is 4. The number of carbonyl (C=O) groups excluding carboxylic acids is 4. The highest BCUT2D eigenvalue weighted by atomic mass is 16.5. The number of phenolic OH excluding ortho intramolecular Hbond substituents is 1. The molecule has 4 rings (SSSR count). The number of rotatable bonds is 6. The molecule has 1 aromatic rings. The number of carbonyl (C=O) groups is 4. The molecule has 0 saturated heterocycles. The predicted octanol–water partition coefficient (Wildman–Crippen LogP) is 1.31. The summed E-state index contributed by atoms with van der Waals surface area (Å²) in [6.07, 6.45) is 1.67. The monoisotopic (exact) mass is 527 g/mol. The number of fused-ring (bicyclic) bond motifs is 3. The summed E-state index contributed by atoms with van der Waals surface area (Å²) in [7, 11) is 0. The topological polar surface area (TPSA) is 205 Å². The van der Waals surface area contributed by atoms with Crippen LogP contribution in [0.1, 0.15) is 55.7 Å². The van der Waals surface area contributed by atoms with Gasteiger partial charge in [0.1, 0.15) is 22.8 Å². The summed E-state index contributed by atoms with van der Waals surface area (Å²) in [6, 6.07) is 3.05. The molecule has 0 spiro atoms. The number of ketones is 2. The second kappa shape index (κ2) is 9.73. The first kappa shape index (κ1) is 27.1. The Labute approximate surface area is 217 Å². The van der Waals surface area contributed by atoms with Crippen LogP contribution in [0.2, 0.25) is 0 Å². The van der Waals surface area contributed by atoms with Gasteiger partial charge in [0.05, 0.1) is 18.3 Å². The molecule has 1 saturated carbocycles. The zero-order valence-corrected chi connectivity index (χ0v) is 20.8. The first-order valence-electron chi connectivity index (χ1n) is 12.2. The van der Waals surface area contributed by atoms with Crippen LogP contribution in [0, 0.1) is 11.8 Å². The Morgan fingerprint density at radius 1 is 1.21 bits per heavy atom. The summed E-state index contributed by atoms with van der Waals surface area (Å²) >= 11 is 0. The molecule has 202 valence electrons. The van der Waals surface area contributed by atoms with E-state index in [0.717, 1.165) is 12.5 Å². The molecule has 7 N–H and O–H groups in total. The van der Waals surface area contributed by atoms with Crippen LogP contribution < -0.4 is 5.73 Å². The number of unbranched alkanes of at least 4 members (excludes halogenated alkanes) is 1. The van der Waals surface area contributed by atoms with Crippen LogP contribution in [-0.2, 0) is 23.9 Å². The lowest BCUT2D eigenvalue weighted by Gasteiger charge is -2.50. The molecule has 11 nitrogen and oxygen atoms in total. The average molecular weight is 528 g/mol. The van der Waals surface area contributed by atoms with E-state index in [4.69, 9.17) is 10.5 Å². The van der Waals surface area contributed by atoms with Crippen molar-refractivity contribution in [3.63, 3.8) is 0 Å². The van der Waals surface area contributed by atoms with Gasteiger partial charge in [-0.25, -0.2) is 4.79 Å². The predicted molar refractivity (Wildman–Crippen MR) is 132 cm³/mol. The standard InChI is InChI=1S/C27H29NO10/c1-3-4-9-38-16(30)8-6-12-5-7-13-11(2)17-20(23(33)18(13)21(12)31)25(35)27(37)14(22(17)32)10-15(29)19(24(27)34)26(28)36/h5-8,11,14,17,22,31-34,37H,3-4,9-10H2,1-2H3,(H2,28,36)/b8-6+/t11-,14+,17+,22+,27+/m0/s1. The van der Waals surface area contributed by atoms with Crippen LogP contribution in [0.15, 0.2) is 35.1 Å². The summed E-state index contributed by atoms with van der Waals surface area (Å²) < 4.78 is 5.04. The van der Waals surface area contributed by atoms with Gasteiger partial charge in [-0.2, -0.15) is 0 Å². The number of hydrogen-bond donors (Lipinski definition) is 6. The molecule has 1 fully saturated rings. The largest absolute Gasteiger partial charge is 0.508 e. The summed E-state index contributed by atoms with van der Waals surface area (Å²) in [5.41, 5.74) is 1.19. The Hall–Kier alpha value is -3.96. The second-order valence-electron chi connectivity index (χ2n) is 9.81. The first-order chi connectivity index (χ1) is 17.9. The molecule has 11 heteroatoms. The third-order valence-electron chi connectivity index (χ3n) is 7.67. The molecule has 3 aliphatic rings. The van der Waals surface area contributed by atoms with Gasteiger partial charge >= 0.3 is 5.97 Å². The maximum absolute atomic E-state index is 13.7. The van der Waals surface area contributed by atoms with Gasteiger partial charge in [0.15, 0.2) is 11.4 Å². The molecule has 0 aliphatic heterocycles. The average Bonchev–Trinajstić information content (AvgIpc) is 2.85. The molecule has 38 heavy (non-hydrogen) atoms. The van der Waals surface area contributed by atoms with Crippen molar-refractivity contribution >= 4 is 35.3 Å². The minimum Gasteiger partial charge on any atom is -0.508 e. The van der Waals surface area contributed by atoms with E-state index in [1.165, 1.54) is 12.1 Å². The number of benzene rings is 1. The number of esters is 1. The fraction of sp³-hybridized carbons (Fsp3) is 0.407. The molecule has 1 aromatic carbocycles. The van der Waals surface area contributed by atoms with Crippen molar-refractivity contribution in [3.8, 4) is 5.75 Å². The van der Waals surface area contributed by atoms with Crippen molar-refractivity contribution in [2.24, 2.45) is 17.6 Å². The molecule has 5 atom stereocenters. The number of phenols is 1. The Bertz CT molecular complexity index is 1340. The quantitative estimate of drug-likeness (QED) is 0.135. The zero-order valence-electron chi connectivity index (χ0n) is 20.8. The van der Waals surface area contributed by atoms with E-state index < -0.39 is 87.7 Å². The van der Waals surface area contributed by atoms with Crippen molar-refractivity contribution in [2.75, 3.05) is 6.61 Å². The van der Waals surface area contributed by atoms with Gasteiger partial charge in [-0.1, -0.05) is 32.4 Å². The van der Waals surface area contributed by atoms with E-state index in [1.54, 1.807) is 13.0 Å². The number of ether oxygens (including phenoxy) is 1. The molecule has 3 aliphatic carbocycles. The second-order valence-corrected chi connectivity index (χ2v) is 9.81. The summed E-state index contributed by atoms with van der Waals surface area (Å²) in [6.45, 7) is 3.81. The van der Waals surface area contributed by atoms with Crippen molar-refractivity contribution in [2.45, 2.75) is 50.7 Å². The van der Waals surface area contributed by atoms with Crippen LogP contribution >= 0.6 is 0 Å². The first-order valence-corrected chi connectivity index (χ1v) is 12.2. The summed E-state index contributed by atoms with van der Waals surface area (Å²) in [5, 5.41) is 55.4. The van der Waals surface area contributed by atoms with Gasteiger partial charge in [-0.05, 0) is 24.0 Å². The highest BCUT2D eigenvalue weighted by Crippen LogP contribution is 2.55. The maximum atomic E-state index is 13.7. The highest BCUT2D eigenvalue weighted by Gasteiger charge is 2.64. The van der Waals surface area contributed by atoms with E-state index in [9.17, 15) is 44.7 Å². The van der Waals surface area contributed by atoms with Gasteiger partial charge < -0.3 is 36.0 Å². The Morgan fingerprint density at radius 3 is 2.53 bits per heavy atom. The number of Topliss-reactive ketones (excluding diaryl/α,β-unsaturated/α-hetero) is 2. The van der Waals surface area contributed by atoms with Crippen LogP contribution in [-0.4, -0.2) is 67.3 Å². The van der Waals surface area contributed by atoms with Gasteiger partial charge in [0.2, 0.25) is 5.78 Å². The lowest BCUT2D eigenvalue weighted by molar-refractivity contribution is -0.160. The molecule has 0 radical (unpaired) electrons. The van der Waals surface area contributed by atoms with Gasteiger partial charge in [-0.3, -0.25) is 14.4 Å². The SMILES string of the molecule is CCCCOC(=O)/C=C/c1ccc2c(c1O)C(O)=C1C(=O)[C@]3(O)C(O)=C(C(N)=O)C(=O)C[C@@H]3[C@@H](O)[C@@H]1[C@H]2C. The van der Waals surface area contributed by atoms with Crippen molar-refractivity contribution in [1.29, 1.82) is 0 Å². The number of aliphatic hydroxyl groups excluding tert-OH is 3. The Morgan fingerprint density at radius 2 is 1.89 bits per heavy atom. The number of aromatic hydroxyl groups is 1. The lowest BCUT2D eigenvalue weighted by Crippen LogP contribution is -2.63. The molecule has 1 amide bonds. The van der Waals surface area contributed by atoms with Crippen molar-refractivity contribution in [3.05, 3.63) is 51.8 Å². The van der Waals surface area contributed by atoms with E-state index in [0.29, 0.717) is 12.0 Å². The fourth-order valence-corrected chi connectivity index (χ4v) is 5.67. The van der Waals surface area contributed by atoms with Crippen LogP contribution in [0.4, 0.5) is 0 Å². The van der Waals surface area contributed by atoms with Crippen LogP contribution in [0.3, 0.4) is 0 Å². The molecular weight excluding hydrogens is 498 g/mol.